The molecule has 0 aromatic carbocycles. The van der Waals surface area contributed by atoms with E-state index < -0.39 is 0 Å². The van der Waals surface area contributed by atoms with Gasteiger partial charge in [-0.3, -0.25) is 0 Å². The molecule has 0 radical (unpaired) electrons. The van der Waals surface area contributed by atoms with Gasteiger partial charge in [-0.25, -0.2) is 0 Å². The molecule has 2 rings (SSSR count). The minimum absolute atomic E-state index is 0.670. The fourth-order valence-corrected chi connectivity index (χ4v) is 3.12. The van der Waals surface area contributed by atoms with E-state index in [1.54, 1.807) is 0 Å². The molecule has 1 aromatic heterocycles. The molecule has 2 heteroatoms. The van der Waals surface area contributed by atoms with Crippen LogP contribution < -0.4 is 5.73 Å². The molecule has 0 saturated heterocycles. The molecule has 1 saturated carbocycles. The summed E-state index contributed by atoms with van der Waals surface area (Å²) in [6.07, 6.45) is 7.69. The monoisotopic (exact) mass is 207 g/mol. The Hall–Kier alpha value is -0.600. The summed E-state index contributed by atoms with van der Waals surface area (Å²) in [6.45, 7) is 0.670. The molecule has 2 N–H and O–H groups in total. The van der Waals surface area contributed by atoms with Crippen LogP contribution in [0.2, 0.25) is 0 Å². The van der Waals surface area contributed by atoms with Gasteiger partial charge in [-0.05, 0) is 35.8 Å². The molecule has 0 amide bonds. The summed E-state index contributed by atoms with van der Waals surface area (Å²) in [5.41, 5.74) is 7.13. The van der Waals surface area contributed by atoms with Crippen LogP contribution in [0.4, 0.5) is 0 Å². The molecular weight excluding hydrogens is 190 g/mol. The molecular formula is C12H17NS. The number of hydrogen-bond acceptors (Lipinski definition) is 2. The zero-order valence-corrected chi connectivity index (χ0v) is 9.22. The van der Waals surface area contributed by atoms with E-state index in [-0.39, 0.29) is 0 Å². The first-order valence-electron chi connectivity index (χ1n) is 5.36. The van der Waals surface area contributed by atoms with Crippen LogP contribution in [0.25, 0.3) is 5.57 Å². The van der Waals surface area contributed by atoms with E-state index in [0.717, 1.165) is 5.92 Å². The van der Waals surface area contributed by atoms with Crippen LogP contribution in [-0.2, 0) is 0 Å². The van der Waals surface area contributed by atoms with Gasteiger partial charge in [0.05, 0.1) is 0 Å². The second-order valence-corrected chi connectivity index (χ2v) is 4.80. The van der Waals surface area contributed by atoms with E-state index in [2.05, 4.69) is 23.6 Å². The highest BCUT2D eigenvalue weighted by molar-refractivity contribution is 7.11. The zero-order valence-electron chi connectivity index (χ0n) is 8.41. The molecule has 0 spiro atoms. The van der Waals surface area contributed by atoms with Crippen molar-refractivity contribution in [3.63, 3.8) is 0 Å². The quantitative estimate of drug-likeness (QED) is 0.808. The highest BCUT2D eigenvalue weighted by Crippen LogP contribution is 2.37. The van der Waals surface area contributed by atoms with Gasteiger partial charge in [-0.15, -0.1) is 11.3 Å². The van der Waals surface area contributed by atoms with Crippen molar-refractivity contribution in [3.8, 4) is 0 Å². The molecule has 76 valence electrons. The molecule has 0 atom stereocenters. The van der Waals surface area contributed by atoms with E-state index >= 15 is 0 Å². The standard InChI is InChI=1S/C12H17NS/c13-8-7-11(10-4-1-2-5-10)12-6-3-9-14-12/h3,6-7,9-10H,1-2,4-5,8,13H2/b11-7-. The van der Waals surface area contributed by atoms with Crippen molar-refractivity contribution in [2.24, 2.45) is 11.7 Å². The van der Waals surface area contributed by atoms with Gasteiger partial charge in [0.1, 0.15) is 0 Å². The second-order valence-electron chi connectivity index (χ2n) is 3.85. The lowest BCUT2D eigenvalue weighted by molar-refractivity contribution is 0.706. The molecule has 1 fully saturated rings. The van der Waals surface area contributed by atoms with Crippen molar-refractivity contribution in [1.29, 1.82) is 0 Å². The Balaban J connectivity index is 2.19. The number of rotatable bonds is 3. The van der Waals surface area contributed by atoms with Crippen LogP contribution in [0.15, 0.2) is 23.6 Å². The van der Waals surface area contributed by atoms with Gasteiger partial charge < -0.3 is 5.73 Å². The third-order valence-corrected chi connectivity index (χ3v) is 3.86. The predicted molar refractivity (Wildman–Crippen MR) is 63.3 cm³/mol. The summed E-state index contributed by atoms with van der Waals surface area (Å²) in [6, 6.07) is 4.34. The van der Waals surface area contributed by atoms with Crippen molar-refractivity contribution in [3.05, 3.63) is 28.5 Å². The fourth-order valence-electron chi connectivity index (χ4n) is 2.28. The normalized spacial score (nSPS) is 19.1. The minimum atomic E-state index is 0.670. The van der Waals surface area contributed by atoms with E-state index in [4.69, 9.17) is 5.73 Å². The van der Waals surface area contributed by atoms with Crippen LogP contribution in [0.3, 0.4) is 0 Å². The van der Waals surface area contributed by atoms with Gasteiger partial charge in [0.25, 0.3) is 0 Å². The molecule has 1 aliphatic rings. The summed E-state index contributed by atoms with van der Waals surface area (Å²) in [7, 11) is 0. The van der Waals surface area contributed by atoms with Crippen LogP contribution >= 0.6 is 11.3 Å². The SMILES string of the molecule is NC/C=C(\c1cccs1)C1CCCC1. The lowest BCUT2D eigenvalue weighted by Gasteiger charge is -2.12. The summed E-state index contributed by atoms with van der Waals surface area (Å²) in [5, 5.41) is 2.15. The third-order valence-electron chi connectivity index (χ3n) is 2.94. The minimum Gasteiger partial charge on any atom is -0.327 e. The Morgan fingerprint density at radius 1 is 1.50 bits per heavy atom. The molecule has 14 heavy (non-hydrogen) atoms. The van der Waals surface area contributed by atoms with E-state index in [1.165, 1.54) is 36.1 Å². The Kier molecular flexibility index (Phi) is 3.38. The molecule has 1 nitrogen and oxygen atoms in total. The average molecular weight is 207 g/mol. The van der Waals surface area contributed by atoms with E-state index in [9.17, 15) is 0 Å². The second kappa shape index (κ2) is 4.76. The van der Waals surface area contributed by atoms with Gasteiger partial charge in [-0.2, -0.15) is 0 Å². The molecule has 1 aliphatic carbocycles. The first-order chi connectivity index (χ1) is 6.92. The van der Waals surface area contributed by atoms with Gasteiger partial charge in [0.15, 0.2) is 0 Å². The number of thiophene rings is 1. The first-order valence-corrected chi connectivity index (χ1v) is 6.24. The van der Waals surface area contributed by atoms with E-state index in [0.29, 0.717) is 6.54 Å². The average Bonchev–Trinajstić information content (AvgIpc) is 2.87. The summed E-state index contributed by atoms with van der Waals surface area (Å²) in [5.74, 6) is 0.775. The van der Waals surface area contributed by atoms with Gasteiger partial charge in [0.2, 0.25) is 0 Å². The fraction of sp³-hybridized carbons (Fsp3) is 0.500. The van der Waals surface area contributed by atoms with Gasteiger partial charge in [0, 0.05) is 11.4 Å². The smallest absolute Gasteiger partial charge is 0.0302 e. The van der Waals surface area contributed by atoms with Gasteiger partial charge in [-0.1, -0.05) is 25.0 Å². The van der Waals surface area contributed by atoms with Crippen LogP contribution in [0.5, 0.6) is 0 Å². The zero-order chi connectivity index (χ0) is 9.80. The lowest BCUT2D eigenvalue weighted by atomic mass is 9.96. The van der Waals surface area contributed by atoms with Crippen molar-refractivity contribution >= 4 is 16.9 Å². The maximum atomic E-state index is 5.63. The molecule has 1 heterocycles. The number of hydrogen-bond donors (Lipinski definition) is 1. The Morgan fingerprint density at radius 3 is 2.86 bits per heavy atom. The molecule has 0 aliphatic heterocycles. The van der Waals surface area contributed by atoms with Crippen LogP contribution in [0, 0.1) is 5.92 Å². The summed E-state index contributed by atoms with van der Waals surface area (Å²) < 4.78 is 0. The number of allylic oxidation sites excluding steroid dienone is 1. The third kappa shape index (κ3) is 2.07. The Bertz CT molecular complexity index is 294. The Morgan fingerprint density at radius 2 is 2.29 bits per heavy atom. The maximum absolute atomic E-state index is 5.63. The summed E-state index contributed by atoms with van der Waals surface area (Å²) in [4.78, 5) is 1.42. The predicted octanol–water partition coefficient (Wildman–Crippen LogP) is 3.28. The van der Waals surface area contributed by atoms with E-state index in [1.807, 2.05) is 11.3 Å². The lowest BCUT2D eigenvalue weighted by Crippen LogP contribution is -2.01. The number of nitrogens with two attached hydrogens (primary N) is 1. The first kappa shape index (κ1) is 9.94. The molecule has 0 bridgehead atoms. The van der Waals surface area contributed by atoms with Crippen molar-refractivity contribution in [2.45, 2.75) is 25.7 Å². The van der Waals surface area contributed by atoms with Crippen molar-refractivity contribution in [1.82, 2.24) is 0 Å². The molecule has 1 aromatic rings. The van der Waals surface area contributed by atoms with Crippen LogP contribution in [-0.4, -0.2) is 6.54 Å². The summed E-state index contributed by atoms with van der Waals surface area (Å²) >= 11 is 1.83. The van der Waals surface area contributed by atoms with Gasteiger partial charge >= 0.3 is 0 Å². The van der Waals surface area contributed by atoms with Crippen LogP contribution in [0.1, 0.15) is 30.6 Å². The largest absolute Gasteiger partial charge is 0.327 e. The molecule has 0 unspecified atom stereocenters. The Labute approximate surface area is 89.6 Å². The highest BCUT2D eigenvalue weighted by Gasteiger charge is 2.20. The maximum Gasteiger partial charge on any atom is 0.0302 e. The highest BCUT2D eigenvalue weighted by atomic mass is 32.1. The van der Waals surface area contributed by atoms with Crippen molar-refractivity contribution < 1.29 is 0 Å². The topological polar surface area (TPSA) is 26.0 Å². The van der Waals surface area contributed by atoms with Crippen molar-refractivity contribution in [2.75, 3.05) is 6.54 Å².